The van der Waals surface area contributed by atoms with Gasteiger partial charge in [0.1, 0.15) is 10.2 Å². The Labute approximate surface area is 133 Å². The topological polar surface area (TPSA) is 62.2 Å². The van der Waals surface area contributed by atoms with Crippen LogP contribution in [0.3, 0.4) is 0 Å². The van der Waals surface area contributed by atoms with Gasteiger partial charge in [0.05, 0.1) is 6.54 Å². The van der Waals surface area contributed by atoms with Crippen LogP contribution in [0.2, 0.25) is 5.15 Å². The summed E-state index contributed by atoms with van der Waals surface area (Å²) in [6.45, 7) is 3.51. The van der Waals surface area contributed by atoms with Gasteiger partial charge in [-0.3, -0.25) is 4.99 Å². The van der Waals surface area contributed by atoms with Gasteiger partial charge in [-0.05, 0) is 25.0 Å². The van der Waals surface area contributed by atoms with Crippen molar-refractivity contribution in [3.8, 4) is 0 Å². The monoisotopic (exact) mass is 323 g/mol. The van der Waals surface area contributed by atoms with Gasteiger partial charge in [0.25, 0.3) is 0 Å². The van der Waals surface area contributed by atoms with E-state index < -0.39 is 0 Å². The Morgan fingerprint density at radius 2 is 2.14 bits per heavy atom. The first kappa shape index (κ1) is 15.7. The zero-order valence-corrected chi connectivity index (χ0v) is 13.6. The smallest absolute Gasteiger partial charge is 0.191 e. The maximum absolute atomic E-state index is 5.76. The van der Waals surface area contributed by atoms with Crippen molar-refractivity contribution in [3.63, 3.8) is 0 Å². The van der Waals surface area contributed by atoms with Crippen molar-refractivity contribution >= 4 is 28.9 Å². The normalized spacial score (nSPS) is 11.5. The molecule has 0 aromatic carbocycles. The molecule has 2 rings (SSSR count). The minimum Gasteiger partial charge on any atom is -0.356 e. The third-order valence-corrected chi connectivity index (χ3v) is 3.93. The predicted molar refractivity (Wildman–Crippen MR) is 88.0 cm³/mol. The number of guanidine groups is 1. The summed E-state index contributed by atoms with van der Waals surface area (Å²) in [6.07, 6.45) is 4.53. The molecular formula is C14H18ClN5S. The lowest BCUT2D eigenvalue weighted by atomic mass is 10.2. The van der Waals surface area contributed by atoms with Crippen molar-refractivity contribution in [2.24, 2.45) is 4.99 Å². The molecule has 0 bridgehead atoms. The average Bonchev–Trinajstić information content (AvgIpc) is 2.90. The van der Waals surface area contributed by atoms with Crippen LogP contribution < -0.4 is 10.6 Å². The summed E-state index contributed by atoms with van der Waals surface area (Å²) in [5, 5.41) is 8.08. The van der Waals surface area contributed by atoms with Gasteiger partial charge in [0, 0.05) is 30.9 Å². The molecule has 2 aromatic heterocycles. The highest BCUT2D eigenvalue weighted by molar-refractivity contribution is 7.11. The predicted octanol–water partition coefficient (Wildman–Crippen LogP) is 2.41. The Morgan fingerprint density at radius 3 is 2.76 bits per heavy atom. The van der Waals surface area contributed by atoms with Gasteiger partial charge >= 0.3 is 0 Å². The quantitative estimate of drug-likeness (QED) is 0.504. The molecule has 0 fully saturated rings. The van der Waals surface area contributed by atoms with Crippen molar-refractivity contribution in [1.82, 2.24) is 20.6 Å². The fraction of sp³-hybridized carbons (Fsp3) is 0.357. The Morgan fingerprint density at radius 1 is 1.29 bits per heavy atom. The van der Waals surface area contributed by atoms with Crippen LogP contribution in [0.25, 0.3) is 0 Å². The fourth-order valence-corrected chi connectivity index (χ4v) is 2.58. The molecule has 2 heterocycles. The molecule has 2 aromatic rings. The molecule has 2 N–H and O–H groups in total. The summed E-state index contributed by atoms with van der Waals surface area (Å²) in [7, 11) is 1.76. The van der Waals surface area contributed by atoms with Crippen LogP contribution in [-0.2, 0) is 13.0 Å². The van der Waals surface area contributed by atoms with Crippen molar-refractivity contribution in [1.29, 1.82) is 0 Å². The molecule has 7 heteroatoms. The van der Waals surface area contributed by atoms with Crippen LogP contribution >= 0.6 is 22.9 Å². The van der Waals surface area contributed by atoms with Gasteiger partial charge < -0.3 is 10.6 Å². The van der Waals surface area contributed by atoms with E-state index >= 15 is 0 Å². The molecule has 5 nitrogen and oxygen atoms in total. The number of halogens is 1. The highest BCUT2D eigenvalue weighted by Crippen LogP contribution is 2.10. The average molecular weight is 324 g/mol. The minimum atomic E-state index is 0.517. The molecule has 0 saturated carbocycles. The SMILES string of the molecule is CN=C(NCCc1ccc(Cl)nc1)NCc1ncc(C)s1. The Kier molecular flexibility index (Phi) is 5.95. The summed E-state index contributed by atoms with van der Waals surface area (Å²) >= 11 is 7.44. The second-order valence-electron chi connectivity index (χ2n) is 4.46. The van der Waals surface area contributed by atoms with Gasteiger partial charge in [-0.25, -0.2) is 9.97 Å². The van der Waals surface area contributed by atoms with Gasteiger partial charge in [0.2, 0.25) is 0 Å². The van der Waals surface area contributed by atoms with E-state index in [-0.39, 0.29) is 0 Å². The van der Waals surface area contributed by atoms with Crippen LogP contribution in [0.4, 0.5) is 0 Å². The molecule has 0 saturated heterocycles. The number of hydrogen-bond donors (Lipinski definition) is 2. The van der Waals surface area contributed by atoms with E-state index in [2.05, 4.69) is 25.6 Å². The van der Waals surface area contributed by atoms with Crippen molar-refractivity contribution in [2.75, 3.05) is 13.6 Å². The van der Waals surface area contributed by atoms with E-state index in [1.54, 1.807) is 30.6 Å². The summed E-state index contributed by atoms with van der Waals surface area (Å²) in [6, 6.07) is 3.78. The van der Waals surface area contributed by atoms with E-state index in [1.807, 2.05) is 19.2 Å². The summed E-state index contributed by atoms with van der Waals surface area (Å²) < 4.78 is 0. The number of aromatic nitrogens is 2. The number of nitrogens with zero attached hydrogens (tertiary/aromatic N) is 3. The Balaban J connectivity index is 1.74. The molecular weight excluding hydrogens is 306 g/mol. The lowest BCUT2D eigenvalue weighted by Gasteiger charge is -2.10. The van der Waals surface area contributed by atoms with E-state index in [9.17, 15) is 0 Å². The van der Waals surface area contributed by atoms with Gasteiger partial charge in [-0.1, -0.05) is 17.7 Å². The number of pyridine rings is 1. The van der Waals surface area contributed by atoms with Gasteiger partial charge in [-0.2, -0.15) is 0 Å². The molecule has 0 aliphatic carbocycles. The van der Waals surface area contributed by atoms with Crippen LogP contribution in [0.5, 0.6) is 0 Å². The second-order valence-corrected chi connectivity index (χ2v) is 6.16. The van der Waals surface area contributed by atoms with Crippen LogP contribution in [0.1, 0.15) is 15.4 Å². The Bertz CT molecular complexity index is 594. The van der Waals surface area contributed by atoms with Crippen LogP contribution in [-0.4, -0.2) is 29.5 Å². The zero-order valence-electron chi connectivity index (χ0n) is 12.1. The summed E-state index contributed by atoms with van der Waals surface area (Å²) in [4.78, 5) is 13.8. The molecule has 0 aliphatic rings. The number of rotatable bonds is 5. The molecule has 0 unspecified atom stereocenters. The maximum Gasteiger partial charge on any atom is 0.191 e. The molecule has 0 amide bonds. The maximum atomic E-state index is 5.76. The lowest BCUT2D eigenvalue weighted by molar-refractivity contribution is 0.790. The number of aryl methyl sites for hydroxylation is 1. The van der Waals surface area contributed by atoms with E-state index in [1.165, 1.54) is 4.88 Å². The molecule has 0 radical (unpaired) electrons. The summed E-state index contributed by atoms with van der Waals surface area (Å²) in [5.74, 6) is 0.768. The van der Waals surface area contributed by atoms with E-state index in [4.69, 9.17) is 11.6 Å². The highest BCUT2D eigenvalue weighted by Gasteiger charge is 2.01. The number of thiazole rings is 1. The van der Waals surface area contributed by atoms with Crippen LogP contribution in [0, 0.1) is 6.92 Å². The highest BCUT2D eigenvalue weighted by atomic mass is 35.5. The standard InChI is InChI=1S/C14H18ClN5S/c1-10-7-19-13(21-10)9-20-14(16-2)17-6-5-11-3-4-12(15)18-8-11/h3-4,7-8H,5-6,9H2,1-2H3,(H2,16,17,20). The molecule has 0 atom stereocenters. The van der Waals surface area contributed by atoms with Gasteiger partial charge in [0.15, 0.2) is 5.96 Å². The lowest BCUT2D eigenvalue weighted by Crippen LogP contribution is -2.37. The third kappa shape index (κ3) is 5.32. The first-order valence-corrected chi connectivity index (χ1v) is 7.83. The minimum absolute atomic E-state index is 0.517. The fourth-order valence-electron chi connectivity index (χ4n) is 1.74. The summed E-state index contributed by atoms with van der Waals surface area (Å²) in [5.41, 5.74) is 1.14. The molecule has 21 heavy (non-hydrogen) atoms. The van der Waals surface area contributed by atoms with Crippen molar-refractivity contribution in [2.45, 2.75) is 19.9 Å². The van der Waals surface area contributed by atoms with Gasteiger partial charge in [-0.15, -0.1) is 11.3 Å². The molecule has 112 valence electrons. The second kappa shape index (κ2) is 7.95. The number of hydrogen-bond acceptors (Lipinski definition) is 4. The van der Waals surface area contributed by atoms with Crippen LogP contribution in [0.15, 0.2) is 29.5 Å². The first-order valence-electron chi connectivity index (χ1n) is 6.63. The third-order valence-electron chi connectivity index (χ3n) is 2.79. The molecule has 0 aliphatic heterocycles. The first-order chi connectivity index (χ1) is 10.2. The largest absolute Gasteiger partial charge is 0.356 e. The van der Waals surface area contributed by atoms with Crippen molar-refractivity contribution in [3.05, 3.63) is 45.1 Å². The number of aliphatic imine (C=N–C) groups is 1. The molecule has 0 spiro atoms. The van der Waals surface area contributed by atoms with Crippen molar-refractivity contribution < 1.29 is 0 Å². The number of nitrogens with one attached hydrogen (secondary N) is 2. The Hall–Kier alpha value is -1.66. The zero-order chi connectivity index (χ0) is 15.1. The van der Waals surface area contributed by atoms with E-state index in [0.717, 1.165) is 29.5 Å². The van der Waals surface area contributed by atoms with E-state index in [0.29, 0.717) is 11.7 Å².